The maximum Gasteiger partial charge on any atom is 0.331 e. The van der Waals surface area contributed by atoms with E-state index < -0.39 is 86.9 Å². The van der Waals surface area contributed by atoms with Crippen LogP contribution in [0.3, 0.4) is 0 Å². The van der Waals surface area contributed by atoms with Gasteiger partial charge in [-0.25, -0.2) is 14.4 Å². The second-order valence-electron chi connectivity index (χ2n) is 6.57. The second-order valence-corrected chi connectivity index (χ2v) is 6.57. The number of carbonyl (C=O) groups is 6. The van der Waals surface area contributed by atoms with Crippen molar-refractivity contribution in [1.29, 1.82) is 0 Å². The zero-order valence-corrected chi connectivity index (χ0v) is 19.0. The lowest BCUT2D eigenvalue weighted by Gasteiger charge is -2.23. The van der Waals surface area contributed by atoms with E-state index in [0.717, 1.165) is 0 Å². The van der Waals surface area contributed by atoms with Gasteiger partial charge in [-0.15, -0.1) is 0 Å². The molecule has 0 aromatic rings. The monoisotopic (exact) mass is 526 g/mol. The molecule has 0 aliphatic heterocycles. The van der Waals surface area contributed by atoms with Crippen molar-refractivity contribution < 1.29 is 79.8 Å². The van der Waals surface area contributed by atoms with Gasteiger partial charge >= 0.3 is 35.8 Å². The van der Waals surface area contributed by atoms with Gasteiger partial charge in [0.1, 0.15) is 0 Å². The van der Waals surface area contributed by atoms with E-state index in [9.17, 15) is 28.8 Å². The van der Waals surface area contributed by atoms with Crippen LogP contribution < -0.4 is 0 Å². The van der Waals surface area contributed by atoms with Gasteiger partial charge in [-0.2, -0.15) is 0 Å². The molecule has 0 aliphatic carbocycles. The van der Waals surface area contributed by atoms with Gasteiger partial charge in [0.05, 0.1) is 51.1 Å². The number of aliphatic carboxylic acids is 6. The van der Waals surface area contributed by atoms with Crippen molar-refractivity contribution in [3.05, 3.63) is 36.5 Å². The van der Waals surface area contributed by atoms with Crippen molar-refractivity contribution in [3.63, 3.8) is 0 Å². The van der Waals surface area contributed by atoms with Crippen molar-refractivity contribution >= 4 is 35.8 Å². The third-order valence-electron chi connectivity index (χ3n) is 3.34. The molecule has 0 amide bonds. The summed E-state index contributed by atoms with van der Waals surface area (Å²) in [5.74, 6) is -7.33. The summed E-state index contributed by atoms with van der Waals surface area (Å²) in [4.78, 5) is 59.0. The Morgan fingerprint density at radius 2 is 0.611 bits per heavy atom. The summed E-state index contributed by atoms with van der Waals surface area (Å²) in [5, 5.41) is 82.2. The van der Waals surface area contributed by atoms with Crippen LogP contribution in [-0.4, -0.2) is 113 Å². The van der Waals surface area contributed by atoms with Crippen molar-refractivity contribution in [1.82, 2.24) is 0 Å². The van der Waals surface area contributed by atoms with E-state index in [4.69, 9.17) is 51.1 Å². The molecular formula is C20H30O16. The van der Waals surface area contributed by atoms with E-state index in [1.807, 2.05) is 0 Å². The van der Waals surface area contributed by atoms with Crippen LogP contribution in [0.4, 0.5) is 0 Å². The Morgan fingerprint density at radius 1 is 0.444 bits per heavy atom. The zero-order valence-electron chi connectivity index (χ0n) is 19.0. The fourth-order valence-corrected chi connectivity index (χ4v) is 1.07. The molecule has 0 heterocycles. The van der Waals surface area contributed by atoms with E-state index in [1.54, 1.807) is 0 Å². The van der Waals surface area contributed by atoms with Crippen LogP contribution in [0.1, 0.15) is 19.3 Å². The quantitative estimate of drug-likeness (QED) is 0.119. The molecule has 0 spiro atoms. The van der Waals surface area contributed by atoms with Crippen molar-refractivity contribution in [2.75, 3.05) is 26.4 Å². The van der Waals surface area contributed by atoms with Crippen LogP contribution in [0.15, 0.2) is 36.5 Å². The van der Waals surface area contributed by atoms with Gasteiger partial charge in [-0.3, -0.25) is 14.4 Å². The molecule has 16 nitrogen and oxygen atoms in total. The molecule has 0 aromatic heterocycles. The van der Waals surface area contributed by atoms with Crippen molar-refractivity contribution in [2.45, 2.75) is 19.3 Å². The first-order valence-corrected chi connectivity index (χ1v) is 9.18. The number of hydrogen-bond acceptors (Lipinski definition) is 10. The van der Waals surface area contributed by atoms with E-state index in [-0.39, 0.29) is 16.7 Å². The molecule has 0 saturated carbocycles. The van der Waals surface area contributed by atoms with Gasteiger partial charge in [-0.1, -0.05) is 19.7 Å². The fourth-order valence-electron chi connectivity index (χ4n) is 1.07. The van der Waals surface area contributed by atoms with E-state index in [1.165, 1.54) is 0 Å². The molecule has 0 aromatic carbocycles. The lowest BCUT2D eigenvalue weighted by atomic mass is 9.93. The average Bonchev–Trinajstić information content (AvgIpc) is 2.75. The minimum absolute atomic E-state index is 0.303. The molecule has 206 valence electrons. The Bertz CT molecular complexity index is 699. The highest BCUT2D eigenvalue weighted by Crippen LogP contribution is 2.11. The molecule has 0 aliphatic rings. The van der Waals surface area contributed by atoms with Gasteiger partial charge < -0.3 is 51.1 Å². The molecule has 0 saturated heterocycles. The first-order chi connectivity index (χ1) is 16.4. The molecule has 16 heteroatoms. The minimum atomic E-state index is -1.27. The Balaban J connectivity index is -0.000000190. The summed E-state index contributed by atoms with van der Waals surface area (Å²) in [5.41, 5.74) is -2.02. The fraction of sp³-hybridized carbons (Fsp3) is 0.400. The van der Waals surface area contributed by atoms with Gasteiger partial charge in [0.25, 0.3) is 0 Å². The van der Waals surface area contributed by atoms with Gasteiger partial charge in [0, 0.05) is 16.7 Å². The first kappa shape index (κ1) is 39.1. The average molecular weight is 526 g/mol. The Labute approximate surface area is 204 Å². The Morgan fingerprint density at radius 3 is 0.639 bits per heavy atom. The third-order valence-corrected chi connectivity index (χ3v) is 3.34. The van der Waals surface area contributed by atoms with Crippen LogP contribution in [0.25, 0.3) is 0 Å². The summed E-state index contributed by atoms with van der Waals surface area (Å²) in [6.45, 7) is 7.42. The summed E-state index contributed by atoms with van der Waals surface area (Å²) < 4.78 is 0. The molecule has 0 fully saturated rings. The van der Waals surface area contributed by atoms with E-state index in [0.29, 0.717) is 0 Å². The molecule has 0 bridgehead atoms. The summed E-state index contributed by atoms with van der Waals surface area (Å²) in [6.07, 6.45) is -1.51. The standard InChI is InChI=1S/C5H12O4.3C5H6O4/c6-1-5(2-7,3-8)4-9;3*1-3(5(8)9)2-4(6)7/h6-9H,1-4H2;3*1-2H2,(H,6,7)(H,8,9). The summed E-state index contributed by atoms with van der Waals surface area (Å²) in [7, 11) is 0. The maximum absolute atomic E-state index is 9.87. The number of aliphatic hydroxyl groups excluding tert-OH is 4. The molecule has 36 heavy (non-hydrogen) atoms. The Hall–Kier alpha value is -4.12. The molecule has 10 N–H and O–H groups in total. The summed E-state index contributed by atoms with van der Waals surface area (Å²) >= 11 is 0. The number of aliphatic hydroxyl groups is 4. The van der Waals surface area contributed by atoms with Crippen molar-refractivity contribution in [3.8, 4) is 0 Å². The molecule has 0 unspecified atom stereocenters. The Kier molecular flexibility index (Phi) is 23.3. The third kappa shape index (κ3) is 24.5. The van der Waals surface area contributed by atoms with E-state index >= 15 is 0 Å². The smallest absolute Gasteiger partial charge is 0.331 e. The number of carboxylic acids is 6. The maximum atomic E-state index is 9.87. The van der Waals surface area contributed by atoms with Crippen LogP contribution in [-0.2, 0) is 28.8 Å². The molecular weight excluding hydrogens is 496 g/mol. The summed E-state index contributed by atoms with van der Waals surface area (Å²) in [6, 6.07) is 0. The normalized spacial score (nSPS) is 9.33. The van der Waals surface area contributed by atoms with Gasteiger partial charge in [0.2, 0.25) is 0 Å². The van der Waals surface area contributed by atoms with Crippen LogP contribution in [0.5, 0.6) is 0 Å². The second kappa shape index (κ2) is 21.4. The lowest BCUT2D eigenvalue weighted by Crippen LogP contribution is -2.37. The lowest BCUT2D eigenvalue weighted by molar-refractivity contribution is -0.139. The van der Waals surface area contributed by atoms with Gasteiger partial charge in [-0.05, 0) is 0 Å². The largest absolute Gasteiger partial charge is 0.481 e. The highest BCUT2D eigenvalue weighted by molar-refractivity contribution is 5.92. The number of rotatable bonds is 13. The van der Waals surface area contributed by atoms with Crippen LogP contribution >= 0.6 is 0 Å². The van der Waals surface area contributed by atoms with E-state index in [2.05, 4.69) is 19.7 Å². The van der Waals surface area contributed by atoms with Crippen LogP contribution in [0, 0.1) is 5.41 Å². The highest BCUT2D eigenvalue weighted by Gasteiger charge is 2.26. The first-order valence-electron chi connectivity index (χ1n) is 9.18. The SMILES string of the molecule is C=C(CC(=O)O)C(=O)O.C=C(CC(=O)O)C(=O)O.C=C(CC(=O)O)C(=O)O.OCC(CO)(CO)CO. The number of carboxylic acid groups (broad SMARTS) is 6. The number of hydrogen-bond donors (Lipinski definition) is 10. The zero-order chi connectivity index (χ0) is 29.6. The highest BCUT2D eigenvalue weighted by atomic mass is 16.4. The minimum Gasteiger partial charge on any atom is -0.481 e. The predicted molar refractivity (Wildman–Crippen MR) is 118 cm³/mol. The van der Waals surface area contributed by atoms with Gasteiger partial charge in [0.15, 0.2) is 0 Å². The van der Waals surface area contributed by atoms with Crippen LogP contribution in [0.2, 0.25) is 0 Å². The van der Waals surface area contributed by atoms with Crippen molar-refractivity contribution in [2.24, 2.45) is 5.41 Å². The topological polar surface area (TPSA) is 305 Å². The molecule has 0 atom stereocenters. The molecule has 0 rings (SSSR count). The predicted octanol–water partition coefficient (Wildman–Crippen LogP) is -1.75. The molecule has 0 radical (unpaired) electrons.